The normalized spacial score (nSPS) is 11.0. The van der Waals surface area contributed by atoms with Crippen molar-refractivity contribution < 1.29 is 27.7 Å². The first kappa shape index (κ1) is 21.3. The lowest BCUT2D eigenvalue weighted by Crippen LogP contribution is -2.22. The van der Waals surface area contributed by atoms with Crippen LogP contribution in [0.4, 0.5) is 11.4 Å². The number of benzene rings is 2. The minimum atomic E-state index is -4.06. The van der Waals surface area contributed by atoms with E-state index in [0.29, 0.717) is 0 Å². The molecule has 2 aromatic carbocycles. The van der Waals surface area contributed by atoms with Gasteiger partial charge >= 0.3 is 5.97 Å². The van der Waals surface area contributed by atoms with Gasteiger partial charge in [-0.25, -0.2) is 18.4 Å². The highest BCUT2D eigenvalue weighted by atomic mass is 35.5. The second kappa shape index (κ2) is 8.33. The van der Waals surface area contributed by atoms with Crippen LogP contribution in [0.1, 0.15) is 15.9 Å². The summed E-state index contributed by atoms with van der Waals surface area (Å²) >= 11 is 5.85. The molecule has 0 aliphatic rings. The summed E-state index contributed by atoms with van der Waals surface area (Å²) in [5.74, 6) is -1.79. The van der Waals surface area contributed by atoms with Crippen LogP contribution in [0.5, 0.6) is 0 Å². The molecule has 0 unspecified atom stereocenters. The summed E-state index contributed by atoms with van der Waals surface area (Å²) < 4.78 is 27.6. The Morgan fingerprint density at radius 3 is 2.57 bits per heavy atom. The topological polar surface area (TPSA) is 159 Å². The average molecular weight is 428 g/mol. The second-order valence-electron chi connectivity index (χ2n) is 5.52. The number of ether oxygens (including phenoxy) is 1. The highest BCUT2D eigenvalue weighted by Crippen LogP contribution is 2.25. The van der Waals surface area contributed by atoms with E-state index >= 15 is 0 Å². The molecule has 12 heteroatoms. The van der Waals surface area contributed by atoms with Gasteiger partial charge in [0.05, 0.1) is 31.7 Å². The number of halogens is 1. The lowest BCUT2D eigenvalue weighted by atomic mass is 10.1. The van der Waals surface area contributed by atoms with Gasteiger partial charge in [0.25, 0.3) is 11.6 Å². The molecule has 0 heterocycles. The minimum Gasteiger partial charge on any atom is -0.452 e. The molecular formula is C16H14ClN3O7S. The summed E-state index contributed by atoms with van der Waals surface area (Å²) in [6.45, 7) is 0.731. The molecule has 0 saturated heterocycles. The molecule has 2 aromatic rings. The maximum atomic E-state index is 12.1. The predicted octanol–water partition coefficient (Wildman–Crippen LogP) is 2.00. The number of hydrogen-bond donors (Lipinski definition) is 2. The summed E-state index contributed by atoms with van der Waals surface area (Å²) in [6.07, 6.45) is 0. The lowest BCUT2D eigenvalue weighted by Gasteiger charge is -2.10. The molecular weight excluding hydrogens is 414 g/mol. The van der Waals surface area contributed by atoms with Crippen molar-refractivity contribution in [2.45, 2.75) is 11.8 Å². The molecule has 148 valence electrons. The van der Waals surface area contributed by atoms with Gasteiger partial charge in [0.2, 0.25) is 10.0 Å². The van der Waals surface area contributed by atoms with Crippen molar-refractivity contribution in [3.05, 3.63) is 62.7 Å². The number of nitrogens with two attached hydrogens (primary N) is 1. The minimum absolute atomic E-state index is 0.0904. The van der Waals surface area contributed by atoms with Crippen LogP contribution in [-0.4, -0.2) is 31.8 Å². The van der Waals surface area contributed by atoms with Gasteiger partial charge in [-0.15, -0.1) is 0 Å². The molecule has 28 heavy (non-hydrogen) atoms. The van der Waals surface area contributed by atoms with Gasteiger partial charge in [-0.05, 0) is 31.2 Å². The molecule has 0 radical (unpaired) electrons. The van der Waals surface area contributed by atoms with Crippen molar-refractivity contribution in [1.82, 2.24) is 0 Å². The predicted molar refractivity (Wildman–Crippen MR) is 99.6 cm³/mol. The molecule has 10 nitrogen and oxygen atoms in total. The van der Waals surface area contributed by atoms with Crippen LogP contribution in [0, 0.1) is 17.0 Å². The Morgan fingerprint density at radius 1 is 1.29 bits per heavy atom. The number of carbonyl (C=O) groups is 2. The summed E-state index contributed by atoms with van der Waals surface area (Å²) in [5, 5.41) is 18.2. The van der Waals surface area contributed by atoms with Crippen LogP contribution in [0.25, 0.3) is 0 Å². The van der Waals surface area contributed by atoms with E-state index in [9.17, 15) is 28.1 Å². The van der Waals surface area contributed by atoms with Crippen LogP contribution >= 0.6 is 11.6 Å². The Morgan fingerprint density at radius 2 is 1.96 bits per heavy atom. The van der Waals surface area contributed by atoms with E-state index in [1.165, 1.54) is 25.1 Å². The first-order valence-electron chi connectivity index (χ1n) is 7.54. The largest absolute Gasteiger partial charge is 0.452 e. The van der Waals surface area contributed by atoms with Gasteiger partial charge in [0.15, 0.2) is 6.61 Å². The van der Waals surface area contributed by atoms with Crippen LogP contribution in [0.2, 0.25) is 5.02 Å². The zero-order valence-electron chi connectivity index (χ0n) is 14.3. The zero-order valence-corrected chi connectivity index (χ0v) is 15.9. The van der Waals surface area contributed by atoms with Gasteiger partial charge < -0.3 is 10.1 Å². The average Bonchev–Trinajstić information content (AvgIpc) is 2.60. The molecule has 0 fully saturated rings. The fourth-order valence-corrected chi connectivity index (χ4v) is 2.92. The summed E-state index contributed by atoms with van der Waals surface area (Å²) in [5.41, 5.74) is -0.0468. The number of nitro groups is 1. The van der Waals surface area contributed by atoms with Crippen molar-refractivity contribution in [1.29, 1.82) is 0 Å². The molecule has 0 atom stereocenters. The lowest BCUT2D eigenvalue weighted by molar-refractivity contribution is -0.385. The molecule has 3 N–H and O–H groups in total. The molecule has 1 amide bonds. The summed E-state index contributed by atoms with van der Waals surface area (Å²) in [6, 6.07) is 7.34. The van der Waals surface area contributed by atoms with Gasteiger partial charge in [-0.2, -0.15) is 0 Å². The number of nitro benzene ring substituents is 1. The second-order valence-corrected chi connectivity index (χ2v) is 7.49. The number of nitrogens with one attached hydrogen (secondary N) is 1. The third-order valence-corrected chi connectivity index (χ3v) is 4.84. The van der Waals surface area contributed by atoms with E-state index in [0.717, 1.165) is 18.2 Å². The van der Waals surface area contributed by atoms with E-state index in [-0.39, 0.29) is 32.4 Å². The monoisotopic (exact) mass is 427 g/mol. The first-order valence-corrected chi connectivity index (χ1v) is 9.46. The third kappa shape index (κ3) is 5.03. The summed E-state index contributed by atoms with van der Waals surface area (Å²) in [4.78, 5) is 34.1. The van der Waals surface area contributed by atoms with Crippen LogP contribution in [-0.2, 0) is 19.6 Å². The van der Waals surface area contributed by atoms with Crippen molar-refractivity contribution in [2.24, 2.45) is 5.14 Å². The Labute approximate surface area is 164 Å². The van der Waals surface area contributed by atoms with E-state index < -0.39 is 33.4 Å². The number of anilines is 1. The van der Waals surface area contributed by atoms with Gasteiger partial charge in [-0.3, -0.25) is 14.9 Å². The van der Waals surface area contributed by atoms with Gasteiger partial charge in [0.1, 0.15) is 0 Å². The smallest absolute Gasteiger partial charge is 0.340 e. The SMILES string of the molecule is Cc1c(NC(=O)COC(=O)c2cc(S(N)(=O)=O)ccc2Cl)cccc1[N+](=O)[O-]. The number of esters is 1. The highest BCUT2D eigenvalue weighted by molar-refractivity contribution is 7.89. The van der Waals surface area contributed by atoms with Crippen molar-refractivity contribution in [2.75, 3.05) is 11.9 Å². The van der Waals surface area contributed by atoms with Crippen molar-refractivity contribution >= 4 is 44.9 Å². The number of primary sulfonamides is 1. The third-order valence-electron chi connectivity index (χ3n) is 3.60. The van der Waals surface area contributed by atoms with E-state index in [4.69, 9.17) is 21.5 Å². The van der Waals surface area contributed by atoms with Crippen molar-refractivity contribution in [3.8, 4) is 0 Å². The Kier molecular flexibility index (Phi) is 6.33. The Balaban J connectivity index is 2.09. The Bertz CT molecular complexity index is 1070. The fourth-order valence-electron chi connectivity index (χ4n) is 2.19. The number of hydrogen-bond acceptors (Lipinski definition) is 7. The molecule has 0 spiro atoms. The van der Waals surface area contributed by atoms with Crippen LogP contribution in [0.15, 0.2) is 41.3 Å². The number of carbonyl (C=O) groups excluding carboxylic acids is 2. The Hall–Kier alpha value is -3.02. The van der Waals surface area contributed by atoms with E-state index in [1.54, 1.807) is 0 Å². The zero-order chi connectivity index (χ0) is 21.1. The van der Waals surface area contributed by atoms with E-state index in [1.807, 2.05) is 0 Å². The van der Waals surface area contributed by atoms with E-state index in [2.05, 4.69) is 5.32 Å². The van der Waals surface area contributed by atoms with Crippen molar-refractivity contribution in [3.63, 3.8) is 0 Å². The van der Waals surface area contributed by atoms with Crippen LogP contribution in [0.3, 0.4) is 0 Å². The molecule has 0 saturated carbocycles. The van der Waals surface area contributed by atoms with Gasteiger partial charge in [-0.1, -0.05) is 17.7 Å². The van der Waals surface area contributed by atoms with Crippen LogP contribution < -0.4 is 10.5 Å². The molecule has 0 bridgehead atoms. The maximum absolute atomic E-state index is 12.1. The number of sulfonamides is 1. The standard InChI is InChI=1S/C16H14ClN3O7S/c1-9-13(3-2-4-14(9)20(23)24)19-15(21)8-27-16(22)11-7-10(28(18,25)26)5-6-12(11)17/h2-7H,8H2,1H3,(H,19,21)(H2,18,25,26). The first-order chi connectivity index (χ1) is 13.0. The maximum Gasteiger partial charge on any atom is 0.340 e. The fraction of sp³-hybridized carbons (Fsp3) is 0.125. The quantitative estimate of drug-likeness (QED) is 0.405. The van der Waals surface area contributed by atoms with Gasteiger partial charge in [0, 0.05) is 6.07 Å². The molecule has 2 rings (SSSR count). The number of rotatable bonds is 6. The summed E-state index contributed by atoms with van der Waals surface area (Å²) in [7, 11) is -4.06. The molecule has 0 aromatic heterocycles. The highest BCUT2D eigenvalue weighted by Gasteiger charge is 2.19. The number of nitrogens with zero attached hydrogens (tertiary/aromatic N) is 1. The molecule has 0 aliphatic heterocycles. The molecule has 0 aliphatic carbocycles. The number of amides is 1.